The summed E-state index contributed by atoms with van der Waals surface area (Å²) >= 11 is 0. The van der Waals surface area contributed by atoms with Crippen LogP contribution in [0.1, 0.15) is 25.6 Å². The molecule has 1 spiro atoms. The van der Waals surface area contributed by atoms with Crippen molar-refractivity contribution < 1.29 is 9.47 Å². The smallest absolute Gasteiger partial charge is 0.181 e. The zero-order valence-electron chi connectivity index (χ0n) is 10.8. The van der Waals surface area contributed by atoms with E-state index in [-0.39, 0.29) is 5.79 Å². The van der Waals surface area contributed by atoms with Gasteiger partial charge in [0, 0.05) is 13.0 Å². The highest BCUT2D eigenvalue weighted by atomic mass is 16.7. The molecule has 0 bridgehead atoms. The van der Waals surface area contributed by atoms with Gasteiger partial charge < -0.3 is 9.47 Å². The van der Waals surface area contributed by atoms with Crippen molar-refractivity contribution >= 4 is 0 Å². The highest BCUT2D eigenvalue weighted by Crippen LogP contribution is 2.30. The third-order valence-corrected chi connectivity index (χ3v) is 3.67. The van der Waals surface area contributed by atoms with E-state index in [0.717, 1.165) is 58.1 Å². The van der Waals surface area contributed by atoms with E-state index in [1.165, 1.54) is 0 Å². The predicted octanol–water partition coefficient (Wildman–Crippen LogP) is 0.637. The molecule has 0 saturated carbocycles. The monoisotopic (exact) mass is 252 g/mol. The van der Waals surface area contributed by atoms with Crippen LogP contribution in [0.3, 0.4) is 0 Å². The van der Waals surface area contributed by atoms with Crippen molar-refractivity contribution in [3.8, 4) is 0 Å². The van der Waals surface area contributed by atoms with Crippen LogP contribution in [0.25, 0.3) is 0 Å². The van der Waals surface area contributed by atoms with Crippen molar-refractivity contribution in [2.24, 2.45) is 0 Å². The zero-order chi connectivity index (χ0) is 12.4. The molecule has 1 aromatic heterocycles. The van der Waals surface area contributed by atoms with Gasteiger partial charge in [0.15, 0.2) is 5.79 Å². The fourth-order valence-corrected chi connectivity index (χ4v) is 2.81. The van der Waals surface area contributed by atoms with Gasteiger partial charge in [-0.05, 0) is 19.9 Å². The minimum atomic E-state index is -0.352. The molecular weight excluding hydrogens is 232 g/mol. The van der Waals surface area contributed by atoms with E-state index in [0.29, 0.717) is 0 Å². The van der Waals surface area contributed by atoms with E-state index in [4.69, 9.17) is 9.47 Å². The molecule has 2 aliphatic rings. The van der Waals surface area contributed by atoms with Crippen LogP contribution in [0, 0.1) is 0 Å². The molecule has 3 heterocycles. The van der Waals surface area contributed by atoms with Gasteiger partial charge in [-0.1, -0.05) is 0 Å². The van der Waals surface area contributed by atoms with Gasteiger partial charge in [-0.15, -0.1) is 0 Å². The summed E-state index contributed by atoms with van der Waals surface area (Å²) in [6.07, 6.45) is 3.74. The van der Waals surface area contributed by atoms with E-state index in [9.17, 15) is 0 Å². The lowest BCUT2D eigenvalue weighted by Crippen LogP contribution is -2.48. The first kappa shape index (κ1) is 12.1. The Balaban J connectivity index is 1.66. The van der Waals surface area contributed by atoms with E-state index in [2.05, 4.69) is 21.9 Å². The Kier molecular flexibility index (Phi) is 3.32. The summed E-state index contributed by atoms with van der Waals surface area (Å²) < 4.78 is 13.5. The minimum Gasteiger partial charge on any atom is -0.346 e. The van der Waals surface area contributed by atoms with Crippen molar-refractivity contribution in [2.75, 3.05) is 26.3 Å². The van der Waals surface area contributed by atoms with E-state index < -0.39 is 0 Å². The third-order valence-electron chi connectivity index (χ3n) is 3.67. The first-order valence-corrected chi connectivity index (χ1v) is 6.68. The van der Waals surface area contributed by atoms with Gasteiger partial charge >= 0.3 is 0 Å². The van der Waals surface area contributed by atoms with Crippen LogP contribution in [-0.2, 0) is 22.6 Å². The summed E-state index contributed by atoms with van der Waals surface area (Å²) in [6, 6.07) is 0. The molecule has 2 fully saturated rings. The van der Waals surface area contributed by atoms with Crippen LogP contribution in [0.15, 0.2) is 6.33 Å². The van der Waals surface area contributed by atoms with Gasteiger partial charge in [0.25, 0.3) is 0 Å². The first-order valence-electron chi connectivity index (χ1n) is 6.68. The molecule has 1 aromatic rings. The Hall–Kier alpha value is -0.980. The number of nitrogens with zero attached hydrogens (tertiary/aromatic N) is 4. The molecule has 18 heavy (non-hydrogen) atoms. The lowest BCUT2D eigenvalue weighted by Gasteiger charge is -2.38. The number of ether oxygens (including phenoxy) is 2. The SMILES string of the molecule is CCn1ncnc1CN1CCCC2(C1)OCCO2. The molecule has 6 nitrogen and oxygen atoms in total. The molecule has 0 aliphatic carbocycles. The molecule has 0 N–H and O–H groups in total. The summed E-state index contributed by atoms with van der Waals surface area (Å²) in [7, 11) is 0. The third kappa shape index (κ3) is 2.28. The Morgan fingerprint density at radius 3 is 3.00 bits per heavy atom. The van der Waals surface area contributed by atoms with Crippen LogP contribution in [0.4, 0.5) is 0 Å². The normalized spacial score (nSPS) is 23.8. The Morgan fingerprint density at radius 2 is 2.22 bits per heavy atom. The second kappa shape index (κ2) is 4.95. The summed E-state index contributed by atoms with van der Waals surface area (Å²) in [4.78, 5) is 6.68. The van der Waals surface area contributed by atoms with E-state index in [1.807, 2.05) is 4.68 Å². The topological polar surface area (TPSA) is 52.4 Å². The number of aromatic nitrogens is 3. The van der Waals surface area contributed by atoms with Crippen LogP contribution in [-0.4, -0.2) is 51.8 Å². The average Bonchev–Trinajstić information content (AvgIpc) is 2.99. The molecular formula is C12H20N4O2. The molecule has 3 rings (SSSR count). The molecule has 0 aromatic carbocycles. The second-order valence-electron chi connectivity index (χ2n) is 4.91. The quantitative estimate of drug-likeness (QED) is 0.790. The average molecular weight is 252 g/mol. The van der Waals surface area contributed by atoms with Crippen LogP contribution >= 0.6 is 0 Å². The number of piperidine rings is 1. The number of likely N-dealkylation sites (tertiary alicyclic amines) is 1. The van der Waals surface area contributed by atoms with E-state index in [1.54, 1.807) is 6.33 Å². The van der Waals surface area contributed by atoms with Gasteiger partial charge in [0.2, 0.25) is 0 Å². The minimum absolute atomic E-state index is 0.352. The van der Waals surface area contributed by atoms with Crippen molar-refractivity contribution in [3.63, 3.8) is 0 Å². The largest absolute Gasteiger partial charge is 0.346 e. The highest BCUT2D eigenvalue weighted by Gasteiger charge is 2.40. The fourth-order valence-electron chi connectivity index (χ4n) is 2.81. The predicted molar refractivity (Wildman–Crippen MR) is 64.8 cm³/mol. The molecule has 0 atom stereocenters. The van der Waals surface area contributed by atoms with Gasteiger partial charge in [-0.3, -0.25) is 4.90 Å². The lowest BCUT2D eigenvalue weighted by molar-refractivity contribution is -0.190. The van der Waals surface area contributed by atoms with Gasteiger partial charge in [-0.25, -0.2) is 9.67 Å². The van der Waals surface area contributed by atoms with Crippen molar-refractivity contribution in [2.45, 2.75) is 38.6 Å². The Morgan fingerprint density at radius 1 is 1.39 bits per heavy atom. The van der Waals surface area contributed by atoms with Crippen molar-refractivity contribution in [1.29, 1.82) is 0 Å². The van der Waals surface area contributed by atoms with Gasteiger partial charge in [0.05, 0.1) is 26.3 Å². The van der Waals surface area contributed by atoms with Gasteiger partial charge in [0.1, 0.15) is 12.2 Å². The maximum absolute atomic E-state index is 5.78. The summed E-state index contributed by atoms with van der Waals surface area (Å²) in [5.74, 6) is 0.669. The van der Waals surface area contributed by atoms with Crippen molar-refractivity contribution in [3.05, 3.63) is 12.2 Å². The molecule has 2 aliphatic heterocycles. The highest BCUT2D eigenvalue weighted by molar-refractivity contribution is 4.89. The standard InChI is InChI=1S/C12H20N4O2/c1-2-16-11(13-10-14-16)8-15-5-3-4-12(9-15)17-6-7-18-12/h10H,2-9H2,1H3. The zero-order valence-corrected chi connectivity index (χ0v) is 10.8. The van der Waals surface area contributed by atoms with Crippen LogP contribution < -0.4 is 0 Å². The van der Waals surface area contributed by atoms with Crippen LogP contribution in [0.5, 0.6) is 0 Å². The number of hydrogen-bond acceptors (Lipinski definition) is 5. The summed E-state index contributed by atoms with van der Waals surface area (Å²) in [5, 5.41) is 4.21. The summed E-state index contributed by atoms with van der Waals surface area (Å²) in [6.45, 7) is 7.12. The maximum atomic E-state index is 5.78. The van der Waals surface area contributed by atoms with Crippen LogP contribution in [0.2, 0.25) is 0 Å². The fraction of sp³-hybridized carbons (Fsp3) is 0.833. The van der Waals surface area contributed by atoms with E-state index >= 15 is 0 Å². The molecule has 0 radical (unpaired) electrons. The molecule has 100 valence electrons. The second-order valence-corrected chi connectivity index (χ2v) is 4.91. The number of aryl methyl sites for hydroxylation is 1. The summed E-state index contributed by atoms with van der Waals surface area (Å²) in [5.41, 5.74) is 0. The molecule has 0 unspecified atom stereocenters. The van der Waals surface area contributed by atoms with Gasteiger partial charge in [-0.2, -0.15) is 5.10 Å². The molecule has 2 saturated heterocycles. The Labute approximate surface area is 107 Å². The van der Waals surface area contributed by atoms with Crippen molar-refractivity contribution in [1.82, 2.24) is 19.7 Å². The molecule has 6 heteroatoms. The number of rotatable bonds is 3. The maximum Gasteiger partial charge on any atom is 0.181 e. The number of hydrogen-bond donors (Lipinski definition) is 0. The molecule has 0 amide bonds. The first-order chi connectivity index (χ1) is 8.81. The Bertz CT molecular complexity index is 401. The lowest BCUT2D eigenvalue weighted by atomic mass is 10.0.